The molecule has 0 bridgehead atoms. The summed E-state index contributed by atoms with van der Waals surface area (Å²) in [6.45, 7) is 3.15. The maximum Gasteiger partial charge on any atom is 0.379 e. The van der Waals surface area contributed by atoms with Gasteiger partial charge in [-0.15, -0.1) is 12.4 Å². The topological polar surface area (TPSA) is 81.8 Å². The number of benzene rings is 1. The van der Waals surface area contributed by atoms with Gasteiger partial charge in [-0.3, -0.25) is 0 Å². The largest absolute Gasteiger partial charge is 0.504 e. The lowest BCUT2D eigenvalue weighted by Crippen LogP contribution is -2.41. The molecule has 0 spiro atoms. The molecular weight excluding hydrogens is 308 g/mol. The first kappa shape index (κ1) is 19.4. The number of aromatic hydroxyl groups is 1. The highest BCUT2D eigenvalue weighted by atomic mass is 35.5. The van der Waals surface area contributed by atoms with E-state index >= 15 is 0 Å². The van der Waals surface area contributed by atoms with E-state index < -0.39 is 23.7 Å². The van der Waals surface area contributed by atoms with Crippen molar-refractivity contribution in [3.05, 3.63) is 23.8 Å². The number of hydrogen-bond donors (Lipinski definition) is 2. The number of hydrogen-bond acceptors (Lipinski definition) is 5. The molecule has 0 saturated carbocycles. The molecule has 0 unspecified atom stereocenters. The zero-order chi connectivity index (χ0) is 15.3. The van der Waals surface area contributed by atoms with Crippen molar-refractivity contribution in [3.63, 3.8) is 0 Å². The van der Waals surface area contributed by atoms with Crippen molar-refractivity contribution in [2.45, 2.75) is 25.8 Å². The van der Waals surface area contributed by atoms with Crippen LogP contribution in [0.4, 0.5) is 8.78 Å². The lowest BCUT2D eigenvalue weighted by atomic mass is 10.00. The van der Waals surface area contributed by atoms with Gasteiger partial charge in [0.25, 0.3) is 0 Å². The van der Waals surface area contributed by atoms with E-state index in [0.717, 1.165) is 0 Å². The van der Waals surface area contributed by atoms with Gasteiger partial charge in [-0.1, -0.05) is 12.1 Å². The predicted octanol–water partition coefficient (Wildman–Crippen LogP) is 2.41. The van der Waals surface area contributed by atoms with Gasteiger partial charge in [0.1, 0.15) is 6.04 Å². The third kappa shape index (κ3) is 4.18. The zero-order valence-electron chi connectivity index (χ0n) is 11.6. The van der Waals surface area contributed by atoms with Gasteiger partial charge in [0, 0.05) is 5.56 Å². The molecule has 0 amide bonds. The first-order valence-corrected chi connectivity index (χ1v) is 6.11. The molecule has 1 aromatic rings. The lowest BCUT2D eigenvalue weighted by molar-refractivity contribution is -0.174. The standard InChI is InChI=1S/C13H17F2NO4.ClH/c1-3-19-9-7-5-6-8(10(9)17)11(16)13(14,15)12(18)20-4-2;/h5-7,11,17H,3-4,16H2,1-2H3;1H/t11-;/m1./s1. The van der Waals surface area contributed by atoms with Crippen molar-refractivity contribution in [2.75, 3.05) is 13.2 Å². The van der Waals surface area contributed by atoms with E-state index in [1.54, 1.807) is 6.92 Å². The average molecular weight is 326 g/mol. The van der Waals surface area contributed by atoms with Crippen LogP contribution in [0.25, 0.3) is 0 Å². The molecule has 120 valence electrons. The summed E-state index contributed by atoms with van der Waals surface area (Å²) in [5, 5.41) is 9.87. The Kier molecular flexibility index (Phi) is 7.38. The van der Waals surface area contributed by atoms with Gasteiger partial charge in [0.05, 0.1) is 13.2 Å². The van der Waals surface area contributed by atoms with E-state index in [-0.39, 0.29) is 36.9 Å². The first-order chi connectivity index (χ1) is 9.36. The van der Waals surface area contributed by atoms with Gasteiger partial charge in [-0.25, -0.2) is 4.79 Å². The maximum absolute atomic E-state index is 13.8. The number of nitrogens with two attached hydrogens (primary N) is 1. The summed E-state index contributed by atoms with van der Waals surface area (Å²) in [5.41, 5.74) is 5.12. The number of phenols is 1. The molecule has 0 radical (unpaired) electrons. The van der Waals surface area contributed by atoms with Crippen molar-refractivity contribution in [3.8, 4) is 11.5 Å². The fraction of sp³-hybridized carbons (Fsp3) is 0.462. The second-order valence-electron chi connectivity index (χ2n) is 3.95. The Hall–Kier alpha value is -1.60. The molecule has 1 rings (SSSR count). The van der Waals surface area contributed by atoms with Crippen LogP contribution in [0.2, 0.25) is 0 Å². The number of carbonyl (C=O) groups excluding carboxylic acids is 1. The summed E-state index contributed by atoms with van der Waals surface area (Å²) in [4.78, 5) is 11.2. The Labute approximate surface area is 127 Å². The highest BCUT2D eigenvalue weighted by molar-refractivity contribution is 5.85. The summed E-state index contributed by atoms with van der Waals surface area (Å²) >= 11 is 0. The smallest absolute Gasteiger partial charge is 0.379 e. The van der Waals surface area contributed by atoms with E-state index in [9.17, 15) is 18.7 Å². The van der Waals surface area contributed by atoms with Gasteiger partial charge in [0.2, 0.25) is 0 Å². The Morgan fingerprint density at radius 2 is 2.00 bits per heavy atom. The molecule has 0 aliphatic heterocycles. The van der Waals surface area contributed by atoms with Gasteiger partial charge in [-0.2, -0.15) is 8.78 Å². The first-order valence-electron chi connectivity index (χ1n) is 6.11. The molecule has 3 N–H and O–H groups in total. The summed E-state index contributed by atoms with van der Waals surface area (Å²) < 4.78 is 37.0. The lowest BCUT2D eigenvalue weighted by Gasteiger charge is -2.23. The fourth-order valence-electron chi connectivity index (χ4n) is 1.61. The number of halogens is 3. The van der Waals surface area contributed by atoms with Crippen molar-refractivity contribution < 1.29 is 28.2 Å². The summed E-state index contributed by atoms with van der Waals surface area (Å²) in [6, 6.07) is 2.00. The Bertz CT molecular complexity index is 485. The molecule has 5 nitrogen and oxygen atoms in total. The van der Waals surface area contributed by atoms with Crippen molar-refractivity contribution in [1.82, 2.24) is 0 Å². The molecular formula is C13H18ClF2NO4. The Morgan fingerprint density at radius 1 is 1.38 bits per heavy atom. The minimum absolute atomic E-state index is 0. The predicted molar refractivity (Wildman–Crippen MR) is 75.0 cm³/mol. The van der Waals surface area contributed by atoms with Gasteiger partial charge >= 0.3 is 11.9 Å². The third-order valence-electron chi connectivity index (χ3n) is 2.60. The van der Waals surface area contributed by atoms with Crippen LogP contribution in [-0.4, -0.2) is 30.2 Å². The highest BCUT2D eigenvalue weighted by Gasteiger charge is 2.48. The number of esters is 1. The molecule has 0 heterocycles. The fourth-order valence-corrected chi connectivity index (χ4v) is 1.61. The normalized spacial score (nSPS) is 12.2. The number of para-hydroxylation sites is 1. The number of alkyl halides is 2. The Balaban J connectivity index is 0.00000400. The minimum Gasteiger partial charge on any atom is -0.504 e. The second-order valence-corrected chi connectivity index (χ2v) is 3.95. The van der Waals surface area contributed by atoms with Crippen molar-refractivity contribution >= 4 is 18.4 Å². The van der Waals surface area contributed by atoms with Crippen LogP contribution in [0.3, 0.4) is 0 Å². The number of rotatable bonds is 6. The molecule has 8 heteroatoms. The molecule has 0 aliphatic rings. The van der Waals surface area contributed by atoms with E-state index in [4.69, 9.17) is 10.5 Å². The monoisotopic (exact) mass is 325 g/mol. The minimum atomic E-state index is -3.95. The Morgan fingerprint density at radius 3 is 2.52 bits per heavy atom. The second kappa shape index (κ2) is 7.99. The summed E-state index contributed by atoms with van der Waals surface area (Å²) in [5.74, 6) is -6.15. The van der Waals surface area contributed by atoms with Crippen LogP contribution in [0.5, 0.6) is 11.5 Å². The molecule has 0 aliphatic carbocycles. The van der Waals surface area contributed by atoms with E-state index in [0.29, 0.717) is 0 Å². The zero-order valence-corrected chi connectivity index (χ0v) is 12.5. The van der Waals surface area contributed by atoms with Crippen molar-refractivity contribution in [2.24, 2.45) is 5.73 Å². The molecule has 1 aromatic carbocycles. The van der Waals surface area contributed by atoms with Crippen LogP contribution in [-0.2, 0) is 9.53 Å². The molecule has 0 aromatic heterocycles. The van der Waals surface area contributed by atoms with Crippen molar-refractivity contribution in [1.29, 1.82) is 0 Å². The number of ether oxygens (including phenoxy) is 2. The molecule has 21 heavy (non-hydrogen) atoms. The highest BCUT2D eigenvalue weighted by Crippen LogP contribution is 2.39. The van der Waals surface area contributed by atoms with Crippen LogP contribution in [0.1, 0.15) is 25.5 Å². The summed E-state index contributed by atoms with van der Waals surface area (Å²) in [6.07, 6.45) is 0. The maximum atomic E-state index is 13.8. The van der Waals surface area contributed by atoms with E-state index in [1.165, 1.54) is 25.1 Å². The van der Waals surface area contributed by atoms with Gasteiger partial charge in [-0.05, 0) is 19.9 Å². The quantitative estimate of drug-likeness (QED) is 0.785. The van der Waals surface area contributed by atoms with Crippen LogP contribution in [0.15, 0.2) is 18.2 Å². The van der Waals surface area contributed by atoms with Gasteiger partial charge < -0.3 is 20.3 Å². The average Bonchev–Trinajstić information content (AvgIpc) is 2.41. The van der Waals surface area contributed by atoms with E-state index in [1.807, 2.05) is 0 Å². The number of phenolic OH excluding ortho intramolecular Hbond substituents is 1. The van der Waals surface area contributed by atoms with Crippen LogP contribution >= 0.6 is 12.4 Å². The van der Waals surface area contributed by atoms with Crippen LogP contribution in [0, 0.1) is 0 Å². The number of carbonyl (C=O) groups is 1. The van der Waals surface area contributed by atoms with E-state index in [2.05, 4.69) is 4.74 Å². The molecule has 0 fully saturated rings. The third-order valence-corrected chi connectivity index (χ3v) is 2.60. The summed E-state index contributed by atoms with van der Waals surface area (Å²) in [7, 11) is 0. The molecule has 1 atom stereocenters. The molecule has 0 saturated heterocycles. The SMILES string of the molecule is CCOC(=O)C(F)(F)[C@H](N)c1cccc(OCC)c1O.Cl. The van der Waals surface area contributed by atoms with Gasteiger partial charge in [0.15, 0.2) is 11.5 Å². The van der Waals surface area contributed by atoms with Crippen LogP contribution < -0.4 is 10.5 Å².